The van der Waals surface area contributed by atoms with Gasteiger partial charge in [0.05, 0.1) is 23.1 Å². The third kappa shape index (κ3) is 4.93. The Morgan fingerprint density at radius 1 is 1.56 bits per heavy atom. The normalized spacial score (nSPS) is 10.3. The molecule has 0 fully saturated rings. The van der Waals surface area contributed by atoms with Gasteiger partial charge in [0, 0.05) is 18.9 Å². The van der Waals surface area contributed by atoms with Crippen LogP contribution < -0.4 is 11.1 Å². The van der Waals surface area contributed by atoms with E-state index in [0.717, 1.165) is 17.9 Å². The monoisotopic (exact) mass is 269 g/mol. The first kappa shape index (κ1) is 14.8. The zero-order valence-corrected chi connectivity index (χ0v) is 11.3. The molecule has 1 amide bonds. The van der Waals surface area contributed by atoms with Crippen molar-refractivity contribution in [3.05, 3.63) is 23.5 Å². The molecular formula is C12H19N3O2S. The molecule has 0 radical (unpaired) electrons. The second-order valence-electron chi connectivity index (χ2n) is 3.85. The lowest BCUT2D eigenvalue weighted by atomic mass is 10.2. The van der Waals surface area contributed by atoms with E-state index in [1.54, 1.807) is 24.8 Å². The fourth-order valence-electron chi connectivity index (χ4n) is 1.38. The summed E-state index contributed by atoms with van der Waals surface area (Å²) < 4.78 is 0. The van der Waals surface area contributed by atoms with Gasteiger partial charge in [0.25, 0.3) is 5.91 Å². The highest BCUT2D eigenvalue weighted by Gasteiger charge is 2.09. The zero-order chi connectivity index (χ0) is 13.4. The summed E-state index contributed by atoms with van der Waals surface area (Å²) in [6.45, 7) is 2.60. The number of aliphatic hydroxyl groups is 1. The number of aryl methyl sites for hydroxylation is 1. The molecule has 1 aromatic rings. The van der Waals surface area contributed by atoms with Crippen molar-refractivity contribution >= 4 is 23.4 Å². The van der Waals surface area contributed by atoms with E-state index in [0.29, 0.717) is 23.5 Å². The van der Waals surface area contributed by atoms with Gasteiger partial charge in [-0.2, -0.15) is 11.8 Å². The molecule has 4 N–H and O–H groups in total. The smallest absolute Gasteiger partial charge is 0.253 e. The number of anilines is 1. The molecule has 0 aliphatic carbocycles. The van der Waals surface area contributed by atoms with Crippen LogP contribution in [0.5, 0.6) is 0 Å². The number of nitrogen functional groups attached to an aromatic ring is 1. The maximum atomic E-state index is 11.9. The Morgan fingerprint density at radius 3 is 3.06 bits per heavy atom. The number of nitrogens with two attached hydrogens (primary N) is 1. The fraction of sp³-hybridized carbons (Fsp3) is 0.500. The van der Waals surface area contributed by atoms with Gasteiger partial charge in [-0.1, -0.05) is 0 Å². The third-order valence-electron chi connectivity index (χ3n) is 2.33. The van der Waals surface area contributed by atoms with Crippen LogP contribution in [0.15, 0.2) is 12.3 Å². The van der Waals surface area contributed by atoms with Crippen molar-refractivity contribution in [1.29, 1.82) is 0 Å². The summed E-state index contributed by atoms with van der Waals surface area (Å²) in [6, 6.07) is 1.64. The van der Waals surface area contributed by atoms with Crippen LogP contribution in [-0.2, 0) is 0 Å². The summed E-state index contributed by atoms with van der Waals surface area (Å²) in [5.74, 6) is 1.60. The Hall–Kier alpha value is -1.27. The molecule has 1 heterocycles. The van der Waals surface area contributed by atoms with Gasteiger partial charge in [0.2, 0.25) is 0 Å². The van der Waals surface area contributed by atoms with Crippen LogP contribution in [0.1, 0.15) is 22.5 Å². The van der Waals surface area contributed by atoms with Gasteiger partial charge in [0.15, 0.2) is 0 Å². The quantitative estimate of drug-likeness (QED) is 0.638. The van der Waals surface area contributed by atoms with E-state index >= 15 is 0 Å². The Balaban J connectivity index is 2.34. The average molecular weight is 269 g/mol. The lowest BCUT2D eigenvalue weighted by Gasteiger charge is -2.07. The number of nitrogens with one attached hydrogen (secondary N) is 1. The van der Waals surface area contributed by atoms with Gasteiger partial charge in [-0.25, -0.2) is 0 Å². The molecule has 0 aromatic carbocycles. The second-order valence-corrected chi connectivity index (χ2v) is 5.07. The topological polar surface area (TPSA) is 88.2 Å². The van der Waals surface area contributed by atoms with E-state index < -0.39 is 0 Å². The van der Waals surface area contributed by atoms with Crippen molar-refractivity contribution in [1.82, 2.24) is 10.3 Å². The largest absolute Gasteiger partial charge is 0.397 e. The molecule has 0 bridgehead atoms. The van der Waals surface area contributed by atoms with Crippen molar-refractivity contribution in [3.63, 3.8) is 0 Å². The molecule has 18 heavy (non-hydrogen) atoms. The predicted molar refractivity (Wildman–Crippen MR) is 74.7 cm³/mol. The van der Waals surface area contributed by atoms with Gasteiger partial charge >= 0.3 is 0 Å². The average Bonchev–Trinajstić information content (AvgIpc) is 2.36. The number of hydrogen-bond acceptors (Lipinski definition) is 5. The summed E-state index contributed by atoms with van der Waals surface area (Å²) in [5.41, 5.74) is 7.29. The maximum Gasteiger partial charge on any atom is 0.253 e. The summed E-state index contributed by atoms with van der Waals surface area (Å²) >= 11 is 1.71. The highest BCUT2D eigenvalue weighted by molar-refractivity contribution is 7.99. The van der Waals surface area contributed by atoms with Gasteiger partial charge in [-0.3, -0.25) is 9.78 Å². The number of aromatic nitrogens is 1. The minimum atomic E-state index is -0.143. The molecule has 6 heteroatoms. The Bertz CT molecular complexity index is 399. The van der Waals surface area contributed by atoms with Crippen LogP contribution in [0, 0.1) is 6.92 Å². The number of carbonyl (C=O) groups is 1. The van der Waals surface area contributed by atoms with E-state index in [1.807, 2.05) is 0 Å². The standard InChI is InChI=1S/C12H19N3O2S/c1-9-11(7-10(13)8-15-9)12(17)14-3-6-18-5-2-4-16/h7-8,16H,2-6,13H2,1H3,(H,14,17). The maximum absolute atomic E-state index is 11.9. The van der Waals surface area contributed by atoms with Crippen LogP contribution in [0.3, 0.4) is 0 Å². The van der Waals surface area contributed by atoms with Crippen LogP contribution >= 0.6 is 11.8 Å². The summed E-state index contributed by atoms with van der Waals surface area (Å²) in [4.78, 5) is 15.9. The third-order valence-corrected chi connectivity index (χ3v) is 3.40. The molecule has 5 nitrogen and oxygen atoms in total. The number of aliphatic hydroxyl groups excluding tert-OH is 1. The molecule has 0 saturated carbocycles. The Kier molecular flexibility index (Phi) is 6.53. The van der Waals surface area contributed by atoms with Crippen molar-refractivity contribution in [3.8, 4) is 0 Å². The Morgan fingerprint density at radius 2 is 2.33 bits per heavy atom. The number of hydrogen-bond donors (Lipinski definition) is 3. The molecule has 0 aliphatic rings. The number of amides is 1. The lowest BCUT2D eigenvalue weighted by Crippen LogP contribution is -2.26. The minimum absolute atomic E-state index is 0.143. The number of carbonyl (C=O) groups excluding carboxylic acids is 1. The molecule has 0 atom stereocenters. The first-order valence-corrected chi connectivity index (χ1v) is 6.99. The van der Waals surface area contributed by atoms with Crippen LogP contribution in [-0.4, -0.2) is 40.7 Å². The van der Waals surface area contributed by atoms with E-state index in [4.69, 9.17) is 10.8 Å². The van der Waals surface area contributed by atoms with Gasteiger partial charge in [-0.05, 0) is 25.2 Å². The predicted octanol–water partition coefficient (Wildman–Crippen LogP) is 0.818. The number of nitrogens with zero attached hydrogens (tertiary/aromatic N) is 1. The molecule has 1 aromatic heterocycles. The van der Waals surface area contributed by atoms with Crippen LogP contribution in [0.4, 0.5) is 5.69 Å². The van der Waals surface area contributed by atoms with E-state index in [-0.39, 0.29) is 12.5 Å². The highest BCUT2D eigenvalue weighted by atomic mass is 32.2. The summed E-state index contributed by atoms with van der Waals surface area (Å²) in [6.07, 6.45) is 2.33. The molecule has 0 unspecified atom stereocenters. The molecule has 0 spiro atoms. The molecule has 0 saturated heterocycles. The van der Waals surface area contributed by atoms with Crippen molar-refractivity contribution in [2.75, 3.05) is 30.4 Å². The summed E-state index contributed by atoms with van der Waals surface area (Å²) in [5, 5.41) is 11.4. The van der Waals surface area contributed by atoms with Crippen molar-refractivity contribution in [2.24, 2.45) is 0 Å². The second kappa shape index (κ2) is 7.94. The first-order chi connectivity index (χ1) is 8.65. The van der Waals surface area contributed by atoms with Crippen LogP contribution in [0.2, 0.25) is 0 Å². The fourth-order valence-corrected chi connectivity index (χ4v) is 2.16. The molecule has 1 rings (SSSR count). The number of rotatable bonds is 7. The van der Waals surface area contributed by atoms with Gasteiger partial charge in [0.1, 0.15) is 0 Å². The first-order valence-electron chi connectivity index (χ1n) is 5.84. The molecular weight excluding hydrogens is 250 g/mol. The van der Waals surface area contributed by atoms with E-state index in [9.17, 15) is 4.79 Å². The van der Waals surface area contributed by atoms with E-state index in [2.05, 4.69) is 10.3 Å². The van der Waals surface area contributed by atoms with E-state index in [1.165, 1.54) is 6.20 Å². The van der Waals surface area contributed by atoms with Gasteiger partial charge in [-0.15, -0.1) is 0 Å². The SMILES string of the molecule is Cc1ncc(N)cc1C(=O)NCCSCCCO. The Labute approximate surface area is 111 Å². The number of pyridine rings is 1. The number of thioether (sulfide) groups is 1. The van der Waals surface area contributed by atoms with Crippen molar-refractivity contribution in [2.45, 2.75) is 13.3 Å². The zero-order valence-electron chi connectivity index (χ0n) is 10.5. The minimum Gasteiger partial charge on any atom is -0.397 e. The van der Waals surface area contributed by atoms with Crippen LogP contribution in [0.25, 0.3) is 0 Å². The summed E-state index contributed by atoms with van der Waals surface area (Å²) in [7, 11) is 0. The van der Waals surface area contributed by atoms with Gasteiger partial charge < -0.3 is 16.2 Å². The highest BCUT2D eigenvalue weighted by Crippen LogP contribution is 2.09. The van der Waals surface area contributed by atoms with Crippen molar-refractivity contribution < 1.29 is 9.90 Å². The molecule has 0 aliphatic heterocycles. The lowest BCUT2D eigenvalue weighted by molar-refractivity contribution is 0.0955. The molecule has 100 valence electrons.